The second kappa shape index (κ2) is 9.59. The summed E-state index contributed by atoms with van der Waals surface area (Å²) in [5.74, 6) is -1.23. The normalized spacial score (nSPS) is 15.8. The SMILES string of the molecule is Cl.O=C(Nc1cc(C(F)(F)F)ccc1SCC(F)F)C1CCNCC1. The average Bonchev–Trinajstić information content (AvgIpc) is 2.53. The van der Waals surface area contributed by atoms with Gasteiger partial charge in [0.05, 0.1) is 17.0 Å². The van der Waals surface area contributed by atoms with Crippen LogP contribution in [0.1, 0.15) is 18.4 Å². The third-order valence-electron chi connectivity index (χ3n) is 3.64. The molecule has 2 rings (SSSR count). The molecule has 0 radical (unpaired) electrons. The Hall–Kier alpha value is -1.06. The molecule has 0 aromatic heterocycles. The number of alkyl halides is 5. The topological polar surface area (TPSA) is 41.1 Å². The number of piperidine rings is 1. The van der Waals surface area contributed by atoms with Crippen molar-refractivity contribution in [3.8, 4) is 0 Å². The summed E-state index contributed by atoms with van der Waals surface area (Å²) < 4.78 is 63.3. The molecule has 1 aliphatic heterocycles. The van der Waals surface area contributed by atoms with Crippen LogP contribution in [0.4, 0.5) is 27.6 Å². The van der Waals surface area contributed by atoms with E-state index in [9.17, 15) is 26.7 Å². The zero-order chi connectivity index (χ0) is 17.7. The number of thioether (sulfide) groups is 1. The molecule has 0 bridgehead atoms. The first kappa shape index (κ1) is 22.0. The minimum Gasteiger partial charge on any atom is -0.325 e. The van der Waals surface area contributed by atoms with Crippen LogP contribution in [0.25, 0.3) is 0 Å². The minimum atomic E-state index is -4.57. The molecule has 2 N–H and O–H groups in total. The maximum absolute atomic E-state index is 12.9. The van der Waals surface area contributed by atoms with Crippen molar-refractivity contribution in [1.82, 2.24) is 5.32 Å². The number of nitrogens with one attached hydrogen (secondary N) is 2. The molecular weight excluding hydrogens is 387 g/mol. The summed E-state index contributed by atoms with van der Waals surface area (Å²) in [4.78, 5) is 12.4. The summed E-state index contributed by atoms with van der Waals surface area (Å²) in [6.07, 6.45) is -5.99. The quantitative estimate of drug-likeness (QED) is 0.563. The molecular formula is C15H18ClF5N2OS. The predicted octanol–water partition coefficient (Wildman–Crippen LogP) is 4.42. The molecule has 1 aromatic rings. The van der Waals surface area contributed by atoms with Crippen LogP contribution in [0.3, 0.4) is 0 Å². The van der Waals surface area contributed by atoms with Crippen molar-refractivity contribution in [2.75, 3.05) is 24.2 Å². The highest BCUT2D eigenvalue weighted by Crippen LogP contribution is 2.36. The molecule has 142 valence electrons. The van der Waals surface area contributed by atoms with E-state index in [-0.39, 0.29) is 34.8 Å². The number of amides is 1. The Bertz CT molecular complexity index is 580. The lowest BCUT2D eigenvalue weighted by atomic mass is 9.97. The minimum absolute atomic E-state index is 0. The van der Waals surface area contributed by atoms with Crippen LogP contribution in [0.15, 0.2) is 23.1 Å². The molecule has 0 aliphatic carbocycles. The predicted molar refractivity (Wildman–Crippen MR) is 89.6 cm³/mol. The van der Waals surface area contributed by atoms with Gasteiger partial charge >= 0.3 is 6.18 Å². The summed E-state index contributed by atoms with van der Waals surface area (Å²) >= 11 is 0.719. The summed E-state index contributed by atoms with van der Waals surface area (Å²) in [7, 11) is 0. The molecule has 1 aliphatic rings. The van der Waals surface area contributed by atoms with E-state index in [1.807, 2.05) is 0 Å². The third kappa shape index (κ3) is 6.63. The van der Waals surface area contributed by atoms with Gasteiger partial charge in [0.15, 0.2) is 0 Å². The molecule has 10 heteroatoms. The van der Waals surface area contributed by atoms with Crippen LogP contribution < -0.4 is 10.6 Å². The van der Waals surface area contributed by atoms with Gasteiger partial charge in [-0.1, -0.05) is 0 Å². The maximum atomic E-state index is 12.9. The molecule has 0 atom stereocenters. The van der Waals surface area contributed by atoms with Gasteiger partial charge in [0.25, 0.3) is 0 Å². The van der Waals surface area contributed by atoms with Gasteiger partial charge in [0, 0.05) is 10.8 Å². The van der Waals surface area contributed by atoms with E-state index in [2.05, 4.69) is 10.6 Å². The molecule has 1 saturated heterocycles. The maximum Gasteiger partial charge on any atom is 0.416 e. The van der Waals surface area contributed by atoms with Gasteiger partial charge in [0.1, 0.15) is 0 Å². The van der Waals surface area contributed by atoms with Crippen molar-refractivity contribution in [2.45, 2.75) is 30.3 Å². The van der Waals surface area contributed by atoms with Gasteiger partial charge in [0.2, 0.25) is 12.3 Å². The van der Waals surface area contributed by atoms with Crippen LogP contribution in [-0.4, -0.2) is 31.2 Å². The fourth-order valence-electron chi connectivity index (χ4n) is 2.40. The van der Waals surface area contributed by atoms with Gasteiger partial charge in [-0.3, -0.25) is 4.79 Å². The number of rotatable bonds is 5. The largest absolute Gasteiger partial charge is 0.416 e. The summed E-state index contributed by atoms with van der Waals surface area (Å²) in [6.45, 7) is 1.32. The van der Waals surface area contributed by atoms with Gasteiger partial charge < -0.3 is 10.6 Å². The third-order valence-corrected chi connectivity index (χ3v) is 4.73. The standard InChI is InChI=1S/C15H17F5N2OS.ClH/c16-13(17)8-24-12-2-1-10(15(18,19)20)7-11(12)22-14(23)9-3-5-21-6-4-9;/h1-2,7,9,13,21H,3-6,8H2,(H,22,23);1H. The van der Waals surface area contributed by atoms with Crippen LogP contribution >= 0.6 is 24.2 Å². The Morgan fingerprint density at radius 3 is 2.48 bits per heavy atom. The van der Waals surface area contributed by atoms with Gasteiger partial charge in [-0.25, -0.2) is 8.78 Å². The molecule has 0 spiro atoms. The molecule has 1 amide bonds. The number of anilines is 1. The lowest BCUT2D eigenvalue weighted by Crippen LogP contribution is -2.34. The number of carbonyl (C=O) groups excluding carboxylic acids is 1. The Morgan fingerprint density at radius 1 is 1.28 bits per heavy atom. The van der Waals surface area contributed by atoms with E-state index >= 15 is 0 Å². The summed E-state index contributed by atoms with van der Waals surface area (Å²) in [5, 5.41) is 5.57. The van der Waals surface area contributed by atoms with E-state index in [4.69, 9.17) is 0 Å². The Balaban J connectivity index is 0.00000312. The molecule has 1 aromatic carbocycles. The fraction of sp³-hybridized carbons (Fsp3) is 0.533. The zero-order valence-electron chi connectivity index (χ0n) is 13.0. The van der Waals surface area contributed by atoms with E-state index in [1.54, 1.807) is 0 Å². The van der Waals surface area contributed by atoms with Crippen molar-refractivity contribution in [3.63, 3.8) is 0 Å². The molecule has 1 heterocycles. The molecule has 0 saturated carbocycles. The highest BCUT2D eigenvalue weighted by molar-refractivity contribution is 7.99. The van der Waals surface area contributed by atoms with Gasteiger partial charge in [-0.2, -0.15) is 13.2 Å². The molecule has 3 nitrogen and oxygen atoms in total. The van der Waals surface area contributed by atoms with E-state index in [0.29, 0.717) is 25.9 Å². The van der Waals surface area contributed by atoms with E-state index in [0.717, 1.165) is 30.0 Å². The lowest BCUT2D eigenvalue weighted by molar-refractivity contribution is -0.137. The van der Waals surface area contributed by atoms with Crippen LogP contribution in [0, 0.1) is 5.92 Å². The first-order valence-corrected chi connectivity index (χ1v) is 8.39. The van der Waals surface area contributed by atoms with Crippen LogP contribution in [0.5, 0.6) is 0 Å². The lowest BCUT2D eigenvalue weighted by Gasteiger charge is -2.22. The first-order valence-electron chi connectivity index (χ1n) is 7.41. The number of halogens is 6. The molecule has 1 fully saturated rings. The van der Waals surface area contributed by atoms with Crippen molar-refractivity contribution in [3.05, 3.63) is 23.8 Å². The summed E-state index contributed by atoms with van der Waals surface area (Å²) in [6, 6.07) is 2.74. The zero-order valence-corrected chi connectivity index (χ0v) is 14.7. The van der Waals surface area contributed by atoms with Crippen molar-refractivity contribution >= 4 is 35.8 Å². The van der Waals surface area contributed by atoms with Crippen LogP contribution in [0.2, 0.25) is 0 Å². The molecule has 0 unspecified atom stereocenters. The highest BCUT2D eigenvalue weighted by atomic mass is 35.5. The first-order chi connectivity index (χ1) is 11.3. The van der Waals surface area contributed by atoms with Crippen molar-refractivity contribution in [1.29, 1.82) is 0 Å². The smallest absolute Gasteiger partial charge is 0.325 e. The van der Waals surface area contributed by atoms with Crippen molar-refractivity contribution in [2.24, 2.45) is 5.92 Å². The average molecular weight is 405 g/mol. The summed E-state index contributed by atoms with van der Waals surface area (Å²) in [5.41, 5.74) is -0.997. The van der Waals surface area contributed by atoms with Gasteiger partial charge in [-0.15, -0.1) is 24.2 Å². The monoisotopic (exact) mass is 404 g/mol. The number of hydrogen-bond acceptors (Lipinski definition) is 3. The molecule has 25 heavy (non-hydrogen) atoms. The Morgan fingerprint density at radius 2 is 1.92 bits per heavy atom. The Labute approximate surface area is 152 Å². The van der Waals surface area contributed by atoms with Crippen molar-refractivity contribution < 1.29 is 26.7 Å². The second-order valence-electron chi connectivity index (χ2n) is 5.42. The number of hydrogen-bond donors (Lipinski definition) is 2. The van der Waals surface area contributed by atoms with Gasteiger partial charge in [-0.05, 0) is 44.1 Å². The van der Waals surface area contributed by atoms with Crippen LogP contribution in [-0.2, 0) is 11.0 Å². The second-order valence-corrected chi connectivity index (χ2v) is 6.49. The fourth-order valence-corrected chi connectivity index (χ4v) is 3.14. The Kier molecular flexibility index (Phi) is 8.43. The highest BCUT2D eigenvalue weighted by Gasteiger charge is 2.31. The number of carbonyl (C=O) groups is 1. The van der Waals surface area contributed by atoms with E-state index < -0.39 is 23.9 Å². The number of benzene rings is 1. The van der Waals surface area contributed by atoms with E-state index in [1.165, 1.54) is 0 Å².